The smallest absolute Gasteiger partial charge is 0.0485 e. The maximum atomic E-state index is 3.53. The number of hydrogen-bond donors (Lipinski definition) is 1. The molecule has 20 heavy (non-hydrogen) atoms. The average molecular weight is 326 g/mol. The van der Waals surface area contributed by atoms with Crippen molar-refractivity contribution in [1.29, 1.82) is 0 Å². The number of rotatable bonds is 3. The molecule has 1 nitrogen and oxygen atoms in total. The van der Waals surface area contributed by atoms with Gasteiger partial charge in [0.1, 0.15) is 0 Å². The van der Waals surface area contributed by atoms with Crippen molar-refractivity contribution in [3.63, 3.8) is 0 Å². The molecule has 0 heterocycles. The van der Waals surface area contributed by atoms with Crippen molar-refractivity contribution in [3.05, 3.63) is 76.8 Å². The molecule has 1 atom stereocenters. The van der Waals surface area contributed by atoms with Crippen LogP contribution < -0.4 is 5.32 Å². The third kappa shape index (κ3) is 2.86. The Labute approximate surface area is 127 Å². The molecule has 100 valence electrons. The highest BCUT2D eigenvalue weighted by atomic mass is 79.9. The van der Waals surface area contributed by atoms with Gasteiger partial charge in [-0.3, -0.25) is 0 Å². The summed E-state index contributed by atoms with van der Waals surface area (Å²) in [6.07, 6.45) is 0. The summed E-state index contributed by atoms with van der Waals surface area (Å²) in [6.45, 7) is 2.19. The fourth-order valence-electron chi connectivity index (χ4n) is 2.36. The first kappa shape index (κ1) is 13.2. The molecule has 2 heteroatoms. The normalized spacial score (nSPS) is 12.3. The van der Waals surface area contributed by atoms with Gasteiger partial charge in [0.15, 0.2) is 0 Å². The maximum Gasteiger partial charge on any atom is 0.0485 e. The summed E-state index contributed by atoms with van der Waals surface area (Å²) in [5, 5.41) is 6.10. The Morgan fingerprint density at radius 2 is 1.55 bits per heavy atom. The minimum absolute atomic E-state index is 0.279. The lowest BCUT2D eigenvalue weighted by Crippen LogP contribution is -2.06. The van der Waals surface area contributed by atoms with Crippen molar-refractivity contribution in [2.45, 2.75) is 13.0 Å². The standard InChI is InChI=1S/C18H16BrN/c1-13(20-18-10-8-17(19)9-11-18)15-7-6-14-4-2-3-5-16(14)12-15/h2-13,20H,1H3/t13-/m0/s1. The van der Waals surface area contributed by atoms with Crippen LogP contribution in [0.5, 0.6) is 0 Å². The van der Waals surface area contributed by atoms with Crippen LogP contribution in [-0.2, 0) is 0 Å². The number of benzene rings is 3. The zero-order chi connectivity index (χ0) is 13.9. The molecule has 0 aliphatic rings. The second-order valence-corrected chi connectivity index (χ2v) is 5.90. The van der Waals surface area contributed by atoms with E-state index in [0.29, 0.717) is 0 Å². The summed E-state index contributed by atoms with van der Waals surface area (Å²) in [5.41, 5.74) is 2.43. The lowest BCUT2D eigenvalue weighted by atomic mass is 10.0. The van der Waals surface area contributed by atoms with E-state index in [9.17, 15) is 0 Å². The van der Waals surface area contributed by atoms with Crippen LogP contribution in [0.2, 0.25) is 0 Å². The highest BCUT2D eigenvalue weighted by Gasteiger charge is 2.06. The molecule has 3 aromatic rings. The molecule has 3 aromatic carbocycles. The summed E-state index contributed by atoms with van der Waals surface area (Å²) in [4.78, 5) is 0. The molecule has 0 aromatic heterocycles. The van der Waals surface area contributed by atoms with Gasteiger partial charge in [-0.2, -0.15) is 0 Å². The lowest BCUT2D eigenvalue weighted by Gasteiger charge is -2.16. The van der Waals surface area contributed by atoms with Crippen molar-refractivity contribution in [2.75, 3.05) is 5.32 Å². The zero-order valence-corrected chi connectivity index (χ0v) is 12.9. The summed E-state index contributed by atoms with van der Waals surface area (Å²) in [6, 6.07) is 23.6. The topological polar surface area (TPSA) is 12.0 Å². The quantitative estimate of drug-likeness (QED) is 0.644. The fourth-order valence-corrected chi connectivity index (χ4v) is 2.62. The molecule has 0 amide bonds. The molecule has 0 saturated heterocycles. The molecular weight excluding hydrogens is 310 g/mol. The predicted octanol–water partition coefficient (Wildman–Crippen LogP) is 5.78. The van der Waals surface area contributed by atoms with Gasteiger partial charge in [0.25, 0.3) is 0 Å². The Balaban J connectivity index is 1.84. The van der Waals surface area contributed by atoms with Gasteiger partial charge in [0.2, 0.25) is 0 Å². The Hall–Kier alpha value is -1.80. The first-order valence-electron chi connectivity index (χ1n) is 6.73. The number of hydrogen-bond acceptors (Lipinski definition) is 1. The van der Waals surface area contributed by atoms with Gasteiger partial charge in [0.05, 0.1) is 0 Å². The molecule has 0 radical (unpaired) electrons. The summed E-state index contributed by atoms with van der Waals surface area (Å²) in [7, 11) is 0. The number of fused-ring (bicyclic) bond motifs is 1. The minimum Gasteiger partial charge on any atom is -0.379 e. The van der Waals surface area contributed by atoms with Gasteiger partial charge >= 0.3 is 0 Å². The Morgan fingerprint density at radius 1 is 0.850 bits per heavy atom. The first-order chi connectivity index (χ1) is 9.72. The largest absolute Gasteiger partial charge is 0.379 e. The van der Waals surface area contributed by atoms with Crippen LogP contribution in [0.25, 0.3) is 10.8 Å². The molecule has 3 rings (SSSR count). The summed E-state index contributed by atoms with van der Waals surface area (Å²) < 4.78 is 1.10. The van der Waals surface area contributed by atoms with Crippen LogP contribution in [0.4, 0.5) is 5.69 Å². The second-order valence-electron chi connectivity index (χ2n) is 4.98. The number of halogens is 1. The van der Waals surface area contributed by atoms with E-state index >= 15 is 0 Å². The fraction of sp³-hybridized carbons (Fsp3) is 0.111. The highest BCUT2D eigenvalue weighted by molar-refractivity contribution is 9.10. The molecule has 1 N–H and O–H groups in total. The van der Waals surface area contributed by atoms with E-state index in [0.717, 1.165) is 10.2 Å². The van der Waals surface area contributed by atoms with Crippen LogP contribution >= 0.6 is 15.9 Å². The van der Waals surface area contributed by atoms with Crippen molar-refractivity contribution in [2.24, 2.45) is 0 Å². The molecule has 0 fully saturated rings. The number of nitrogens with one attached hydrogen (secondary N) is 1. The highest BCUT2D eigenvalue weighted by Crippen LogP contribution is 2.24. The minimum atomic E-state index is 0.279. The van der Waals surface area contributed by atoms with Crippen molar-refractivity contribution < 1.29 is 0 Å². The zero-order valence-electron chi connectivity index (χ0n) is 11.3. The lowest BCUT2D eigenvalue weighted by molar-refractivity contribution is 0.887. The summed E-state index contributed by atoms with van der Waals surface area (Å²) in [5.74, 6) is 0. The van der Waals surface area contributed by atoms with E-state index < -0.39 is 0 Å². The van der Waals surface area contributed by atoms with Gasteiger partial charge in [-0.05, 0) is 53.6 Å². The molecule has 0 bridgehead atoms. The third-order valence-corrected chi connectivity index (χ3v) is 4.03. The van der Waals surface area contributed by atoms with E-state index in [1.165, 1.54) is 16.3 Å². The van der Waals surface area contributed by atoms with Gasteiger partial charge in [-0.25, -0.2) is 0 Å². The van der Waals surface area contributed by atoms with E-state index in [4.69, 9.17) is 0 Å². The first-order valence-corrected chi connectivity index (χ1v) is 7.52. The van der Waals surface area contributed by atoms with Crippen molar-refractivity contribution >= 4 is 32.4 Å². The van der Waals surface area contributed by atoms with Crippen LogP contribution in [0, 0.1) is 0 Å². The van der Waals surface area contributed by atoms with Crippen LogP contribution in [-0.4, -0.2) is 0 Å². The third-order valence-electron chi connectivity index (χ3n) is 3.50. The van der Waals surface area contributed by atoms with E-state index in [2.05, 4.69) is 94.9 Å². The molecule has 0 saturated carbocycles. The monoisotopic (exact) mass is 325 g/mol. The molecule has 0 spiro atoms. The Kier molecular flexibility index (Phi) is 3.75. The van der Waals surface area contributed by atoms with E-state index in [1.54, 1.807) is 0 Å². The second kappa shape index (κ2) is 5.68. The average Bonchev–Trinajstić information content (AvgIpc) is 2.49. The maximum absolute atomic E-state index is 3.53. The number of anilines is 1. The predicted molar refractivity (Wildman–Crippen MR) is 90.1 cm³/mol. The van der Waals surface area contributed by atoms with Crippen LogP contribution in [0.15, 0.2) is 71.2 Å². The van der Waals surface area contributed by atoms with Gasteiger partial charge in [-0.15, -0.1) is 0 Å². The molecule has 0 unspecified atom stereocenters. The molecular formula is C18H16BrN. The van der Waals surface area contributed by atoms with Gasteiger partial charge < -0.3 is 5.32 Å². The van der Waals surface area contributed by atoms with Gasteiger partial charge in [-0.1, -0.05) is 52.3 Å². The van der Waals surface area contributed by atoms with Crippen LogP contribution in [0.1, 0.15) is 18.5 Å². The summed E-state index contributed by atoms with van der Waals surface area (Å²) >= 11 is 3.46. The Morgan fingerprint density at radius 3 is 2.30 bits per heavy atom. The van der Waals surface area contributed by atoms with Crippen molar-refractivity contribution in [1.82, 2.24) is 0 Å². The van der Waals surface area contributed by atoms with E-state index in [-0.39, 0.29) is 6.04 Å². The SMILES string of the molecule is C[C@H](Nc1ccc(Br)cc1)c1ccc2ccccc2c1. The van der Waals surface area contributed by atoms with E-state index in [1.807, 2.05) is 0 Å². The molecule has 0 aliphatic heterocycles. The van der Waals surface area contributed by atoms with Gasteiger partial charge in [0, 0.05) is 16.2 Å². The van der Waals surface area contributed by atoms with Crippen LogP contribution in [0.3, 0.4) is 0 Å². The Bertz CT molecular complexity index is 719. The molecule has 0 aliphatic carbocycles. The van der Waals surface area contributed by atoms with Crippen molar-refractivity contribution in [3.8, 4) is 0 Å².